The number of phenols is 3. The first kappa shape index (κ1) is 22.4. The molecule has 1 aromatic heterocycles. The van der Waals surface area contributed by atoms with E-state index in [4.69, 9.17) is 9.52 Å². The number of carboxylic acid groups (broad SMARTS) is 1. The monoisotopic (exact) mass is 434 g/mol. The lowest BCUT2D eigenvalue weighted by molar-refractivity contribution is -0.137. The lowest BCUT2D eigenvalue weighted by Crippen LogP contribution is -2.04. The van der Waals surface area contributed by atoms with E-state index in [2.05, 4.69) is 0 Å². The number of carboxylic acids is 1. The Morgan fingerprint density at radius 3 is 2.22 bits per heavy atom. The first-order valence-electron chi connectivity index (χ1n) is 9.88. The van der Waals surface area contributed by atoms with Crippen LogP contribution in [0.5, 0.6) is 17.2 Å². The molecule has 164 valence electrons. The van der Waals surface area contributed by atoms with Gasteiger partial charge in [-0.15, -0.1) is 0 Å². The number of rotatable bonds is 5. The summed E-state index contributed by atoms with van der Waals surface area (Å²) in [6.07, 6.45) is 3.09. The number of aryl methyl sites for hydroxylation is 1. The molecule has 0 aliphatic rings. The van der Waals surface area contributed by atoms with Crippen molar-refractivity contribution in [2.24, 2.45) is 0 Å². The van der Waals surface area contributed by atoms with Gasteiger partial charge in [0.15, 0.2) is 0 Å². The summed E-state index contributed by atoms with van der Waals surface area (Å²) < 4.78 is 5.29. The number of hydrogen-bond acceptors (Lipinski definition) is 6. The topological polar surface area (TPSA) is 128 Å². The summed E-state index contributed by atoms with van der Waals surface area (Å²) >= 11 is 0. The fourth-order valence-electron chi connectivity index (χ4n) is 3.15. The molecule has 4 N–H and O–H groups in total. The molecule has 32 heavy (non-hydrogen) atoms. The number of carbonyl (C=O) groups is 1. The van der Waals surface area contributed by atoms with Crippen LogP contribution in [0.15, 0.2) is 82.2 Å². The first-order valence-corrected chi connectivity index (χ1v) is 9.88. The summed E-state index contributed by atoms with van der Waals surface area (Å²) in [5.74, 6) is -1.15. The molecule has 0 spiro atoms. The fraction of sp³-hybridized carbons (Fsp3) is 0.120. The molecular weight excluding hydrogens is 412 g/mol. The number of hydrogen-bond donors (Lipinski definition) is 4. The number of aliphatic carboxylic acids is 1. The SMILES string of the molecule is O=C(O)CCCc1ccccc1.O=c1c(-c2ccc(O)cc2)coc2cc(O)cc(O)c12. The smallest absolute Gasteiger partial charge is 0.303 e. The van der Waals surface area contributed by atoms with Crippen LogP contribution in [0.2, 0.25) is 0 Å². The Morgan fingerprint density at radius 2 is 1.56 bits per heavy atom. The minimum Gasteiger partial charge on any atom is -0.508 e. The van der Waals surface area contributed by atoms with Crippen LogP contribution in [0.25, 0.3) is 22.1 Å². The Kier molecular flexibility index (Phi) is 7.13. The van der Waals surface area contributed by atoms with E-state index in [1.807, 2.05) is 30.3 Å². The Hall–Kier alpha value is -4.26. The highest BCUT2D eigenvalue weighted by molar-refractivity contribution is 5.88. The number of benzene rings is 3. The van der Waals surface area contributed by atoms with E-state index in [1.165, 1.54) is 30.0 Å². The molecule has 0 aliphatic heterocycles. The van der Waals surface area contributed by atoms with Gasteiger partial charge in [-0.3, -0.25) is 9.59 Å². The number of aromatic hydroxyl groups is 3. The van der Waals surface area contributed by atoms with Crippen molar-refractivity contribution in [2.75, 3.05) is 0 Å². The Bertz CT molecular complexity index is 1260. The first-order chi connectivity index (χ1) is 15.3. The van der Waals surface area contributed by atoms with Crippen LogP contribution < -0.4 is 5.43 Å². The molecule has 0 fully saturated rings. The van der Waals surface area contributed by atoms with E-state index in [9.17, 15) is 24.9 Å². The molecule has 1 heterocycles. The minimum atomic E-state index is -0.717. The van der Waals surface area contributed by atoms with Crippen molar-refractivity contribution in [3.8, 4) is 28.4 Å². The Labute approximate surface area is 183 Å². The highest BCUT2D eigenvalue weighted by atomic mass is 16.4. The third kappa shape index (κ3) is 5.66. The summed E-state index contributed by atoms with van der Waals surface area (Å²) in [6.45, 7) is 0. The summed E-state index contributed by atoms with van der Waals surface area (Å²) in [5.41, 5.74) is 1.73. The average molecular weight is 434 g/mol. The minimum absolute atomic E-state index is 0.00775. The summed E-state index contributed by atoms with van der Waals surface area (Å²) in [4.78, 5) is 22.6. The van der Waals surface area contributed by atoms with Gasteiger partial charge in [-0.05, 0) is 36.1 Å². The molecule has 0 amide bonds. The second kappa shape index (κ2) is 10.2. The van der Waals surface area contributed by atoms with E-state index in [0.717, 1.165) is 18.9 Å². The molecule has 0 aliphatic carbocycles. The fourth-order valence-corrected chi connectivity index (χ4v) is 3.15. The standard InChI is InChI=1S/C15H10O5.C10H12O2/c16-9-3-1-8(2-4-9)11-7-20-13-6-10(17)5-12(18)14(13)15(11)19;11-10(12)8-4-7-9-5-2-1-3-6-9/h1-7,16-18H;1-3,5-6H,4,7-8H2,(H,11,12). The van der Waals surface area contributed by atoms with Gasteiger partial charge in [0.2, 0.25) is 5.43 Å². The molecule has 0 saturated carbocycles. The van der Waals surface area contributed by atoms with E-state index in [0.29, 0.717) is 5.56 Å². The van der Waals surface area contributed by atoms with Gasteiger partial charge in [0.25, 0.3) is 0 Å². The molecule has 0 saturated heterocycles. The van der Waals surface area contributed by atoms with Crippen molar-refractivity contribution in [3.05, 3.63) is 88.8 Å². The number of phenolic OH excluding ortho intramolecular Hbond substituents is 3. The van der Waals surface area contributed by atoms with Crippen molar-refractivity contribution in [1.29, 1.82) is 0 Å². The largest absolute Gasteiger partial charge is 0.508 e. The van der Waals surface area contributed by atoms with Crippen LogP contribution in [-0.4, -0.2) is 26.4 Å². The lowest BCUT2D eigenvalue weighted by atomic mass is 10.0. The highest BCUT2D eigenvalue weighted by Crippen LogP contribution is 2.29. The Balaban J connectivity index is 0.000000207. The van der Waals surface area contributed by atoms with E-state index >= 15 is 0 Å². The third-order valence-corrected chi connectivity index (χ3v) is 4.72. The van der Waals surface area contributed by atoms with Gasteiger partial charge in [-0.25, -0.2) is 0 Å². The van der Waals surface area contributed by atoms with Gasteiger partial charge < -0.3 is 24.8 Å². The van der Waals surface area contributed by atoms with Gasteiger partial charge in [0.05, 0.1) is 5.56 Å². The molecule has 7 heteroatoms. The summed E-state index contributed by atoms with van der Waals surface area (Å²) in [7, 11) is 0. The van der Waals surface area contributed by atoms with Crippen LogP contribution in [0.4, 0.5) is 0 Å². The summed E-state index contributed by atoms with van der Waals surface area (Å²) in [6, 6.07) is 18.3. The van der Waals surface area contributed by atoms with Gasteiger partial charge >= 0.3 is 5.97 Å². The maximum absolute atomic E-state index is 12.4. The normalized spacial score (nSPS) is 10.4. The zero-order valence-corrected chi connectivity index (χ0v) is 17.1. The van der Waals surface area contributed by atoms with Crippen molar-refractivity contribution in [1.82, 2.24) is 0 Å². The maximum Gasteiger partial charge on any atom is 0.303 e. The van der Waals surface area contributed by atoms with Gasteiger partial charge in [-0.2, -0.15) is 0 Å². The molecular formula is C25H22O7. The average Bonchev–Trinajstić information content (AvgIpc) is 2.75. The van der Waals surface area contributed by atoms with E-state index < -0.39 is 11.4 Å². The molecule has 3 aromatic carbocycles. The van der Waals surface area contributed by atoms with Crippen molar-refractivity contribution >= 4 is 16.9 Å². The summed E-state index contributed by atoms with van der Waals surface area (Å²) in [5, 5.41) is 36.8. The molecule has 0 atom stereocenters. The van der Waals surface area contributed by atoms with Crippen molar-refractivity contribution in [3.63, 3.8) is 0 Å². The van der Waals surface area contributed by atoms with E-state index in [-0.39, 0.29) is 40.2 Å². The zero-order valence-electron chi connectivity index (χ0n) is 17.1. The molecule has 4 rings (SSSR count). The maximum atomic E-state index is 12.4. The molecule has 0 radical (unpaired) electrons. The quantitative estimate of drug-likeness (QED) is 0.359. The van der Waals surface area contributed by atoms with Gasteiger partial charge in [-0.1, -0.05) is 42.5 Å². The molecule has 4 aromatic rings. The van der Waals surface area contributed by atoms with Gasteiger partial charge in [0.1, 0.15) is 34.5 Å². The van der Waals surface area contributed by atoms with Crippen molar-refractivity contribution < 1.29 is 29.6 Å². The Morgan fingerprint density at radius 1 is 0.875 bits per heavy atom. The van der Waals surface area contributed by atoms with Crippen LogP contribution >= 0.6 is 0 Å². The van der Waals surface area contributed by atoms with Crippen LogP contribution in [0, 0.1) is 0 Å². The predicted octanol–water partition coefficient (Wildman–Crippen LogP) is 4.67. The second-order valence-electron chi connectivity index (χ2n) is 7.10. The molecule has 7 nitrogen and oxygen atoms in total. The van der Waals surface area contributed by atoms with Crippen LogP contribution in [0.3, 0.4) is 0 Å². The lowest BCUT2D eigenvalue weighted by Gasteiger charge is -2.05. The number of fused-ring (bicyclic) bond motifs is 1. The van der Waals surface area contributed by atoms with Gasteiger partial charge in [0, 0.05) is 18.6 Å². The van der Waals surface area contributed by atoms with Crippen LogP contribution in [-0.2, 0) is 11.2 Å². The third-order valence-electron chi connectivity index (χ3n) is 4.72. The van der Waals surface area contributed by atoms with Crippen LogP contribution in [0.1, 0.15) is 18.4 Å². The zero-order chi connectivity index (χ0) is 23.1. The molecule has 0 unspecified atom stereocenters. The molecule has 0 bridgehead atoms. The highest BCUT2D eigenvalue weighted by Gasteiger charge is 2.13. The second-order valence-corrected chi connectivity index (χ2v) is 7.10. The van der Waals surface area contributed by atoms with E-state index in [1.54, 1.807) is 12.1 Å². The van der Waals surface area contributed by atoms with Crippen molar-refractivity contribution in [2.45, 2.75) is 19.3 Å². The predicted molar refractivity (Wildman–Crippen MR) is 120 cm³/mol.